The zero-order chi connectivity index (χ0) is 13.9. The average molecular weight is 270 g/mol. The van der Waals surface area contributed by atoms with Gasteiger partial charge in [0.1, 0.15) is 5.75 Å². The van der Waals surface area contributed by atoms with Gasteiger partial charge in [-0.15, -0.1) is 0 Å². The number of fused-ring (bicyclic) bond motifs is 1. The lowest BCUT2D eigenvalue weighted by Crippen LogP contribution is -2.32. The van der Waals surface area contributed by atoms with Crippen LogP contribution in [0.15, 0.2) is 36.4 Å². The maximum atomic E-state index is 5.27. The molecule has 0 radical (unpaired) electrons. The second-order valence-corrected chi connectivity index (χ2v) is 5.61. The summed E-state index contributed by atoms with van der Waals surface area (Å²) in [7, 11) is 3.93. The molecule has 0 aromatic heterocycles. The van der Waals surface area contributed by atoms with Crippen LogP contribution in [0.3, 0.4) is 0 Å². The van der Waals surface area contributed by atoms with Crippen LogP contribution in [0.5, 0.6) is 5.75 Å². The van der Waals surface area contributed by atoms with Crippen LogP contribution >= 0.6 is 0 Å². The lowest BCUT2D eigenvalue weighted by atomic mass is 10.1. The predicted molar refractivity (Wildman–Crippen MR) is 83.2 cm³/mol. The minimum absolute atomic E-state index is 0.668. The van der Waals surface area contributed by atoms with Gasteiger partial charge in [-0.05, 0) is 54.5 Å². The van der Waals surface area contributed by atoms with Crippen molar-refractivity contribution >= 4 is 10.8 Å². The highest BCUT2D eigenvalue weighted by molar-refractivity contribution is 5.84. The van der Waals surface area contributed by atoms with Crippen molar-refractivity contribution in [2.75, 3.05) is 27.2 Å². The van der Waals surface area contributed by atoms with Crippen molar-refractivity contribution in [1.29, 1.82) is 0 Å². The van der Waals surface area contributed by atoms with Gasteiger partial charge < -0.3 is 10.1 Å². The van der Waals surface area contributed by atoms with Crippen LogP contribution < -0.4 is 10.1 Å². The monoisotopic (exact) mass is 270 g/mol. The first kappa shape index (κ1) is 13.4. The number of hydrogen-bond acceptors (Lipinski definition) is 3. The fourth-order valence-electron chi connectivity index (χ4n) is 2.93. The van der Waals surface area contributed by atoms with E-state index < -0.39 is 0 Å². The van der Waals surface area contributed by atoms with Crippen LogP contribution in [0.2, 0.25) is 0 Å². The molecule has 1 atom stereocenters. The second kappa shape index (κ2) is 5.81. The summed E-state index contributed by atoms with van der Waals surface area (Å²) in [5.74, 6) is 0.916. The van der Waals surface area contributed by atoms with Gasteiger partial charge in [0, 0.05) is 19.1 Å². The Balaban J connectivity index is 1.78. The molecule has 3 nitrogen and oxygen atoms in total. The number of nitrogens with zero attached hydrogens (tertiary/aromatic N) is 1. The maximum absolute atomic E-state index is 5.27. The Morgan fingerprint density at radius 2 is 2.00 bits per heavy atom. The van der Waals surface area contributed by atoms with Gasteiger partial charge in [0.15, 0.2) is 0 Å². The fourth-order valence-corrected chi connectivity index (χ4v) is 2.93. The molecule has 0 spiro atoms. The first-order valence-electron chi connectivity index (χ1n) is 7.24. The topological polar surface area (TPSA) is 24.5 Å². The molecular weight excluding hydrogens is 248 g/mol. The van der Waals surface area contributed by atoms with E-state index in [1.165, 1.54) is 22.8 Å². The van der Waals surface area contributed by atoms with Gasteiger partial charge >= 0.3 is 0 Å². The van der Waals surface area contributed by atoms with E-state index in [1.54, 1.807) is 7.11 Å². The average Bonchev–Trinajstić information content (AvgIpc) is 3.01. The molecule has 20 heavy (non-hydrogen) atoms. The molecule has 1 aliphatic rings. The summed E-state index contributed by atoms with van der Waals surface area (Å²) in [6, 6.07) is 13.6. The van der Waals surface area contributed by atoms with E-state index in [9.17, 15) is 0 Å². The van der Waals surface area contributed by atoms with E-state index in [0.717, 1.165) is 25.4 Å². The van der Waals surface area contributed by atoms with Crippen molar-refractivity contribution in [3.8, 4) is 5.75 Å². The van der Waals surface area contributed by atoms with Crippen LogP contribution in [0.25, 0.3) is 10.8 Å². The number of likely N-dealkylation sites (N-methyl/N-ethyl adjacent to an activating group) is 1. The summed E-state index contributed by atoms with van der Waals surface area (Å²) in [4.78, 5) is 2.45. The van der Waals surface area contributed by atoms with E-state index in [-0.39, 0.29) is 0 Å². The molecule has 1 unspecified atom stereocenters. The Kier molecular flexibility index (Phi) is 3.90. The Bertz CT molecular complexity index is 591. The first-order chi connectivity index (χ1) is 9.76. The summed E-state index contributed by atoms with van der Waals surface area (Å²) in [6.07, 6.45) is 1.25. The number of benzene rings is 2. The normalized spacial score (nSPS) is 18.9. The number of methoxy groups -OCH3 is 1. The Morgan fingerprint density at radius 3 is 2.75 bits per heavy atom. The van der Waals surface area contributed by atoms with Gasteiger partial charge in [-0.25, -0.2) is 0 Å². The van der Waals surface area contributed by atoms with Crippen molar-refractivity contribution in [2.45, 2.75) is 19.0 Å². The van der Waals surface area contributed by atoms with Crippen LogP contribution in [0.1, 0.15) is 12.0 Å². The van der Waals surface area contributed by atoms with Crippen molar-refractivity contribution in [1.82, 2.24) is 10.2 Å². The minimum Gasteiger partial charge on any atom is -0.497 e. The maximum Gasteiger partial charge on any atom is 0.119 e. The number of hydrogen-bond donors (Lipinski definition) is 1. The van der Waals surface area contributed by atoms with Gasteiger partial charge in [-0.2, -0.15) is 0 Å². The number of ether oxygens (including phenoxy) is 1. The van der Waals surface area contributed by atoms with E-state index in [4.69, 9.17) is 4.74 Å². The van der Waals surface area contributed by atoms with Crippen LogP contribution in [-0.4, -0.2) is 38.2 Å². The molecule has 3 heteroatoms. The summed E-state index contributed by atoms with van der Waals surface area (Å²) in [6.45, 7) is 3.27. The molecule has 2 aromatic carbocycles. The molecule has 1 N–H and O–H groups in total. The molecule has 1 aliphatic heterocycles. The first-order valence-corrected chi connectivity index (χ1v) is 7.24. The summed E-state index contributed by atoms with van der Waals surface area (Å²) >= 11 is 0. The lowest BCUT2D eigenvalue weighted by molar-refractivity contribution is 0.249. The summed E-state index contributed by atoms with van der Waals surface area (Å²) in [5.41, 5.74) is 1.37. The Labute approximate surface area is 120 Å². The van der Waals surface area contributed by atoms with Crippen LogP contribution in [0.4, 0.5) is 0 Å². The molecule has 2 aromatic rings. The second-order valence-electron chi connectivity index (χ2n) is 5.61. The third-order valence-electron chi connectivity index (χ3n) is 4.20. The standard InChI is InChI=1S/C17H22N2O/c1-19(16-7-8-18-11-16)12-13-3-4-15-10-17(20-2)6-5-14(15)9-13/h3-6,9-10,16,18H,7-8,11-12H2,1-2H3. The zero-order valence-electron chi connectivity index (χ0n) is 12.2. The number of nitrogens with one attached hydrogen (secondary N) is 1. The van der Waals surface area contributed by atoms with E-state index in [0.29, 0.717) is 6.04 Å². The third kappa shape index (κ3) is 2.79. The van der Waals surface area contributed by atoms with E-state index in [2.05, 4.69) is 47.6 Å². The smallest absolute Gasteiger partial charge is 0.119 e. The Morgan fingerprint density at radius 1 is 1.20 bits per heavy atom. The van der Waals surface area contributed by atoms with Gasteiger partial charge in [0.05, 0.1) is 7.11 Å². The summed E-state index contributed by atoms with van der Waals surface area (Å²) in [5, 5.41) is 5.94. The Hall–Kier alpha value is -1.58. The van der Waals surface area contributed by atoms with Crippen molar-refractivity contribution in [2.24, 2.45) is 0 Å². The largest absolute Gasteiger partial charge is 0.497 e. The van der Waals surface area contributed by atoms with Gasteiger partial charge in [-0.3, -0.25) is 4.90 Å². The predicted octanol–water partition coefficient (Wildman–Crippen LogP) is 2.64. The van der Waals surface area contributed by atoms with Gasteiger partial charge in [-0.1, -0.05) is 18.2 Å². The lowest BCUT2D eigenvalue weighted by Gasteiger charge is -2.23. The fraction of sp³-hybridized carbons (Fsp3) is 0.412. The van der Waals surface area contributed by atoms with Gasteiger partial charge in [0.25, 0.3) is 0 Å². The minimum atomic E-state index is 0.668. The molecule has 0 amide bonds. The highest BCUT2D eigenvalue weighted by Gasteiger charge is 2.18. The summed E-state index contributed by atoms with van der Waals surface area (Å²) < 4.78 is 5.27. The quantitative estimate of drug-likeness (QED) is 0.924. The van der Waals surface area contributed by atoms with E-state index >= 15 is 0 Å². The molecule has 3 rings (SSSR count). The molecular formula is C17H22N2O. The van der Waals surface area contributed by atoms with Gasteiger partial charge in [0.2, 0.25) is 0 Å². The van der Waals surface area contributed by atoms with Crippen molar-refractivity contribution < 1.29 is 4.74 Å². The SMILES string of the molecule is COc1ccc2cc(CN(C)C3CCNC3)ccc2c1. The van der Waals surface area contributed by atoms with E-state index in [1.807, 2.05) is 6.07 Å². The molecule has 106 valence electrons. The van der Waals surface area contributed by atoms with Crippen LogP contribution in [-0.2, 0) is 6.54 Å². The molecule has 0 bridgehead atoms. The molecule has 1 saturated heterocycles. The molecule has 1 fully saturated rings. The van der Waals surface area contributed by atoms with Crippen LogP contribution in [0, 0.1) is 0 Å². The number of rotatable bonds is 4. The van der Waals surface area contributed by atoms with Crippen molar-refractivity contribution in [3.05, 3.63) is 42.0 Å². The highest BCUT2D eigenvalue weighted by Crippen LogP contribution is 2.22. The molecule has 0 saturated carbocycles. The molecule has 0 aliphatic carbocycles. The van der Waals surface area contributed by atoms with Crippen molar-refractivity contribution in [3.63, 3.8) is 0 Å². The third-order valence-corrected chi connectivity index (χ3v) is 4.20. The zero-order valence-corrected chi connectivity index (χ0v) is 12.2. The molecule has 1 heterocycles. The highest BCUT2D eigenvalue weighted by atomic mass is 16.5.